The molecular formula is C23H30N4O3S. The lowest BCUT2D eigenvalue weighted by Gasteiger charge is -2.33. The number of nitrogens with zero attached hydrogens (tertiary/aromatic N) is 3. The zero-order valence-electron chi connectivity index (χ0n) is 18.3. The van der Waals surface area contributed by atoms with Crippen molar-refractivity contribution in [3.8, 4) is 0 Å². The fraction of sp³-hybridized carbons (Fsp3) is 0.391. The number of hydrogen-bond acceptors (Lipinski definition) is 5. The highest BCUT2D eigenvalue weighted by molar-refractivity contribution is 7.89. The third kappa shape index (κ3) is 6.22. The molecule has 1 N–H and O–H groups in total. The van der Waals surface area contributed by atoms with E-state index in [9.17, 15) is 13.2 Å². The number of nitrogens with one attached hydrogen (secondary N) is 1. The van der Waals surface area contributed by atoms with E-state index in [-0.39, 0.29) is 12.5 Å². The fourth-order valence-corrected chi connectivity index (χ4v) is 4.79. The number of aryl methyl sites for hydroxylation is 1. The lowest BCUT2D eigenvalue weighted by Crippen LogP contribution is -2.50. The molecule has 1 amide bonds. The Hall–Kier alpha value is -2.55. The van der Waals surface area contributed by atoms with Gasteiger partial charge in [-0.25, -0.2) is 13.8 Å². The highest BCUT2D eigenvalue weighted by Gasteiger charge is 2.28. The Morgan fingerprint density at radius 2 is 1.65 bits per heavy atom. The first-order valence-corrected chi connectivity index (χ1v) is 11.9. The summed E-state index contributed by atoms with van der Waals surface area (Å²) in [6.07, 6.45) is 1.62. The molecule has 31 heavy (non-hydrogen) atoms. The van der Waals surface area contributed by atoms with Crippen molar-refractivity contribution in [2.45, 2.75) is 31.6 Å². The molecule has 0 radical (unpaired) electrons. The minimum Gasteiger partial charge on any atom is -0.292 e. The van der Waals surface area contributed by atoms with Gasteiger partial charge in [0, 0.05) is 26.2 Å². The van der Waals surface area contributed by atoms with Crippen LogP contribution in [0.25, 0.3) is 0 Å². The van der Waals surface area contributed by atoms with E-state index in [0.717, 1.165) is 11.1 Å². The minimum atomic E-state index is -3.50. The first kappa shape index (κ1) is 23.1. The maximum absolute atomic E-state index is 12.8. The normalized spacial score (nSPS) is 16.1. The molecule has 1 heterocycles. The molecule has 8 heteroatoms. The number of benzene rings is 2. The highest BCUT2D eigenvalue weighted by atomic mass is 32.2. The molecular weight excluding hydrogens is 412 g/mol. The predicted octanol–water partition coefficient (Wildman–Crippen LogP) is 2.58. The summed E-state index contributed by atoms with van der Waals surface area (Å²) in [4.78, 5) is 14.4. The molecule has 166 valence electrons. The average Bonchev–Trinajstić information content (AvgIpc) is 2.75. The topological polar surface area (TPSA) is 82.1 Å². The van der Waals surface area contributed by atoms with Gasteiger partial charge in [0.25, 0.3) is 5.91 Å². The van der Waals surface area contributed by atoms with Crippen molar-refractivity contribution in [3.05, 3.63) is 65.2 Å². The second-order valence-electron chi connectivity index (χ2n) is 8.11. The molecule has 1 aliphatic heterocycles. The van der Waals surface area contributed by atoms with E-state index in [1.807, 2.05) is 24.0 Å². The Bertz CT molecular complexity index is 1010. The van der Waals surface area contributed by atoms with Crippen LogP contribution in [0, 0.1) is 6.92 Å². The summed E-state index contributed by atoms with van der Waals surface area (Å²) in [5, 5.41) is 4.02. The van der Waals surface area contributed by atoms with E-state index in [2.05, 4.69) is 36.5 Å². The Kier molecular flexibility index (Phi) is 7.59. The largest absolute Gasteiger partial charge is 0.292 e. The molecule has 3 rings (SSSR count). The Balaban J connectivity index is 1.46. The van der Waals surface area contributed by atoms with E-state index < -0.39 is 10.0 Å². The van der Waals surface area contributed by atoms with E-state index in [1.54, 1.807) is 30.5 Å². The number of sulfonamides is 1. The number of hydrogen-bond donors (Lipinski definition) is 1. The van der Waals surface area contributed by atoms with E-state index in [1.165, 1.54) is 9.87 Å². The number of rotatable bonds is 7. The van der Waals surface area contributed by atoms with Crippen molar-refractivity contribution in [2.24, 2.45) is 5.10 Å². The molecule has 0 unspecified atom stereocenters. The van der Waals surface area contributed by atoms with Crippen LogP contribution in [0.3, 0.4) is 0 Å². The number of piperazine rings is 1. The quantitative estimate of drug-likeness (QED) is 0.528. The third-order valence-corrected chi connectivity index (χ3v) is 7.28. The molecule has 7 nitrogen and oxygen atoms in total. The second-order valence-corrected chi connectivity index (χ2v) is 10.0. The van der Waals surface area contributed by atoms with E-state index >= 15 is 0 Å². The Morgan fingerprint density at radius 3 is 2.23 bits per heavy atom. The van der Waals surface area contributed by atoms with E-state index in [4.69, 9.17) is 0 Å². The number of hydrazone groups is 1. The molecule has 0 aromatic heterocycles. The van der Waals surface area contributed by atoms with Crippen LogP contribution in [0.15, 0.2) is 58.5 Å². The fourth-order valence-electron chi connectivity index (χ4n) is 3.37. The van der Waals surface area contributed by atoms with Gasteiger partial charge in [0.15, 0.2) is 0 Å². The predicted molar refractivity (Wildman–Crippen MR) is 123 cm³/mol. The lowest BCUT2D eigenvalue weighted by molar-refractivity contribution is -0.122. The monoisotopic (exact) mass is 442 g/mol. The summed E-state index contributed by atoms with van der Waals surface area (Å²) in [5.74, 6) is 0.253. The van der Waals surface area contributed by atoms with Crippen LogP contribution in [0.1, 0.15) is 36.5 Å². The van der Waals surface area contributed by atoms with Gasteiger partial charge in [0.2, 0.25) is 10.0 Å². The standard InChI is InChI=1S/C23H30N4O3S/c1-18(2)21-8-6-20(7-9-21)16-24-25-23(28)17-26-12-14-27(15-13-26)31(29,30)22-10-4-19(3)5-11-22/h4-11,16,18H,12-15,17H2,1-3H3,(H,25,28). The lowest BCUT2D eigenvalue weighted by atomic mass is 10.0. The number of carbonyl (C=O) groups is 1. The molecule has 1 fully saturated rings. The maximum atomic E-state index is 12.8. The Labute approximate surface area is 184 Å². The van der Waals surface area contributed by atoms with Crippen LogP contribution in [0.2, 0.25) is 0 Å². The number of amides is 1. The maximum Gasteiger partial charge on any atom is 0.254 e. The summed E-state index contributed by atoms with van der Waals surface area (Å²) in [7, 11) is -3.50. The second kappa shape index (κ2) is 10.2. The molecule has 0 spiro atoms. The van der Waals surface area contributed by atoms with Gasteiger partial charge in [-0.2, -0.15) is 9.41 Å². The van der Waals surface area contributed by atoms with Crippen molar-refractivity contribution >= 4 is 22.1 Å². The molecule has 1 aliphatic rings. The first-order valence-electron chi connectivity index (χ1n) is 10.5. The van der Waals surface area contributed by atoms with Gasteiger partial charge in [-0.1, -0.05) is 55.8 Å². The van der Waals surface area contributed by atoms with Crippen molar-refractivity contribution in [1.29, 1.82) is 0 Å². The van der Waals surface area contributed by atoms with Gasteiger partial charge in [-0.05, 0) is 36.1 Å². The highest BCUT2D eigenvalue weighted by Crippen LogP contribution is 2.18. The van der Waals surface area contributed by atoms with Crippen molar-refractivity contribution in [3.63, 3.8) is 0 Å². The minimum absolute atomic E-state index is 0.183. The average molecular weight is 443 g/mol. The molecule has 0 bridgehead atoms. The van der Waals surface area contributed by atoms with Crippen molar-refractivity contribution in [1.82, 2.24) is 14.6 Å². The SMILES string of the molecule is Cc1ccc(S(=O)(=O)N2CCN(CC(=O)NN=Cc3ccc(C(C)C)cc3)CC2)cc1. The van der Waals surface area contributed by atoms with Crippen molar-refractivity contribution < 1.29 is 13.2 Å². The molecule has 0 atom stereocenters. The summed E-state index contributed by atoms with van der Waals surface area (Å²) in [6.45, 7) is 8.10. The zero-order valence-corrected chi connectivity index (χ0v) is 19.1. The smallest absolute Gasteiger partial charge is 0.254 e. The third-order valence-electron chi connectivity index (χ3n) is 5.36. The van der Waals surface area contributed by atoms with Gasteiger partial charge in [-0.3, -0.25) is 9.69 Å². The molecule has 1 saturated heterocycles. The van der Waals surface area contributed by atoms with Gasteiger partial charge in [-0.15, -0.1) is 0 Å². The van der Waals surface area contributed by atoms with Gasteiger partial charge in [0.05, 0.1) is 17.7 Å². The van der Waals surface area contributed by atoms with E-state index in [0.29, 0.717) is 37.0 Å². The summed E-state index contributed by atoms with van der Waals surface area (Å²) < 4.78 is 27.0. The molecule has 0 aliphatic carbocycles. The summed E-state index contributed by atoms with van der Waals surface area (Å²) >= 11 is 0. The summed E-state index contributed by atoms with van der Waals surface area (Å²) in [5.41, 5.74) is 5.73. The van der Waals surface area contributed by atoms with Crippen LogP contribution in [-0.2, 0) is 14.8 Å². The molecule has 2 aromatic carbocycles. The van der Waals surface area contributed by atoms with Crippen LogP contribution in [0.4, 0.5) is 0 Å². The molecule has 2 aromatic rings. The van der Waals surface area contributed by atoms with Crippen LogP contribution in [0.5, 0.6) is 0 Å². The number of carbonyl (C=O) groups excluding carboxylic acids is 1. The summed E-state index contributed by atoms with van der Waals surface area (Å²) in [6, 6.07) is 14.9. The molecule has 0 saturated carbocycles. The first-order chi connectivity index (χ1) is 14.8. The van der Waals surface area contributed by atoms with Crippen molar-refractivity contribution in [2.75, 3.05) is 32.7 Å². The van der Waals surface area contributed by atoms with Gasteiger partial charge < -0.3 is 0 Å². The van der Waals surface area contributed by atoms with Crippen LogP contribution >= 0.6 is 0 Å². The zero-order chi connectivity index (χ0) is 22.4. The van der Waals surface area contributed by atoms with Crippen LogP contribution < -0.4 is 5.43 Å². The van der Waals surface area contributed by atoms with Crippen LogP contribution in [-0.4, -0.2) is 62.5 Å². The van der Waals surface area contributed by atoms with Gasteiger partial charge >= 0.3 is 0 Å². The Morgan fingerprint density at radius 1 is 1.03 bits per heavy atom. The van der Waals surface area contributed by atoms with Gasteiger partial charge in [0.1, 0.15) is 0 Å².